The molecule has 0 saturated carbocycles. The Balaban J connectivity index is 1.91. The second-order valence-corrected chi connectivity index (χ2v) is 9.00. The zero-order chi connectivity index (χ0) is 25.2. The van der Waals surface area contributed by atoms with Crippen molar-refractivity contribution in [3.05, 3.63) is 101 Å². The van der Waals surface area contributed by atoms with Crippen LogP contribution in [0.25, 0.3) is 0 Å². The van der Waals surface area contributed by atoms with E-state index in [0.717, 1.165) is 34.2 Å². The summed E-state index contributed by atoms with van der Waals surface area (Å²) in [5, 5.41) is 3.00. The molecule has 0 aliphatic rings. The molecule has 3 aromatic carbocycles. The number of rotatable bonds is 11. The molecule has 0 heterocycles. The lowest BCUT2D eigenvalue weighted by Gasteiger charge is -2.32. The maximum atomic E-state index is 13.6. The molecule has 0 aliphatic carbocycles. The third kappa shape index (κ3) is 7.44. The number of carbonyl (C=O) groups is 2. The summed E-state index contributed by atoms with van der Waals surface area (Å²) in [6.45, 7) is 8.79. The normalized spacial score (nSPS) is 11.5. The molecule has 1 N–H and O–H groups in total. The summed E-state index contributed by atoms with van der Waals surface area (Å²) >= 11 is 0. The van der Waals surface area contributed by atoms with Gasteiger partial charge in [-0.05, 0) is 55.5 Å². The molecule has 184 valence electrons. The van der Waals surface area contributed by atoms with Crippen LogP contribution in [0.3, 0.4) is 0 Å². The van der Waals surface area contributed by atoms with Crippen LogP contribution in [0.5, 0.6) is 5.75 Å². The molecule has 5 heteroatoms. The van der Waals surface area contributed by atoms with Crippen molar-refractivity contribution in [2.75, 3.05) is 13.2 Å². The Labute approximate surface area is 209 Å². The largest absolute Gasteiger partial charge is 0.483 e. The monoisotopic (exact) mass is 472 g/mol. The van der Waals surface area contributed by atoms with E-state index >= 15 is 0 Å². The zero-order valence-corrected chi connectivity index (χ0v) is 21.2. The van der Waals surface area contributed by atoms with Gasteiger partial charge in [0.2, 0.25) is 5.91 Å². The molecule has 0 radical (unpaired) electrons. The quantitative estimate of drug-likeness (QED) is 0.420. The van der Waals surface area contributed by atoms with Gasteiger partial charge in [-0.2, -0.15) is 0 Å². The van der Waals surface area contributed by atoms with E-state index < -0.39 is 6.04 Å². The second kappa shape index (κ2) is 12.7. The third-order valence-electron chi connectivity index (χ3n) is 6.10. The van der Waals surface area contributed by atoms with Gasteiger partial charge in [-0.3, -0.25) is 9.59 Å². The summed E-state index contributed by atoms with van der Waals surface area (Å²) in [6.07, 6.45) is 1.25. The molecular formula is C30H36N2O3. The van der Waals surface area contributed by atoms with Crippen LogP contribution in [-0.2, 0) is 22.6 Å². The van der Waals surface area contributed by atoms with E-state index in [-0.39, 0.29) is 18.4 Å². The van der Waals surface area contributed by atoms with Gasteiger partial charge in [0.25, 0.3) is 5.91 Å². The minimum atomic E-state index is -0.654. The minimum Gasteiger partial charge on any atom is -0.483 e. The minimum absolute atomic E-state index is 0.137. The Kier molecular flexibility index (Phi) is 9.47. The van der Waals surface area contributed by atoms with Gasteiger partial charge in [0, 0.05) is 19.5 Å². The molecule has 0 fully saturated rings. The number of amides is 2. The van der Waals surface area contributed by atoms with Crippen molar-refractivity contribution in [3.8, 4) is 5.75 Å². The van der Waals surface area contributed by atoms with Crippen molar-refractivity contribution < 1.29 is 14.3 Å². The SMILES string of the molecule is CCCNC(=O)C(Cc1ccccc1)N(Cc1ccccc1C)C(=O)COc1ccc(C)cc1C. The van der Waals surface area contributed by atoms with E-state index in [9.17, 15) is 9.59 Å². The smallest absolute Gasteiger partial charge is 0.261 e. The highest BCUT2D eigenvalue weighted by molar-refractivity contribution is 5.88. The Morgan fingerprint density at radius 2 is 1.63 bits per heavy atom. The van der Waals surface area contributed by atoms with Gasteiger partial charge in [-0.25, -0.2) is 0 Å². The Hall–Kier alpha value is -3.60. The number of aryl methyl sites for hydroxylation is 3. The van der Waals surface area contributed by atoms with Gasteiger partial charge in [0.05, 0.1) is 0 Å². The molecule has 3 rings (SSSR count). The molecule has 0 spiro atoms. The predicted octanol–water partition coefficient (Wildman–Crippen LogP) is 5.16. The van der Waals surface area contributed by atoms with Crippen LogP contribution >= 0.6 is 0 Å². The first-order chi connectivity index (χ1) is 16.9. The molecule has 0 aliphatic heterocycles. The van der Waals surface area contributed by atoms with E-state index in [1.165, 1.54) is 0 Å². The first-order valence-corrected chi connectivity index (χ1v) is 12.2. The van der Waals surface area contributed by atoms with Crippen LogP contribution in [0.4, 0.5) is 0 Å². The van der Waals surface area contributed by atoms with Gasteiger partial charge in [0.15, 0.2) is 6.61 Å². The Bertz CT molecular complexity index is 1130. The number of nitrogens with zero attached hydrogens (tertiary/aromatic N) is 1. The van der Waals surface area contributed by atoms with E-state index in [0.29, 0.717) is 25.3 Å². The second-order valence-electron chi connectivity index (χ2n) is 9.00. The average molecular weight is 473 g/mol. The number of nitrogens with one attached hydrogen (secondary N) is 1. The number of ether oxygens (including phenoxy) is 1. The van der Waals surface area contributed by atoms with Crippen molar-refractivity contribution >= 4 is 11.8 Å². The summed E-state index contributed by atoms with van der Waals surface area (Å²) in [6, 6.07) is 23.0. The first-order valence-electron chi connectivity index (χ1n) is 12.2. The summed E-state index contributed by atoms with van der Waals surface area (Å²) in [5.74, 6) is 0.305. The Morgan fingerprint density at radius 1 is 0.914 bits per heavy atom. The van der Waals surface area contributed by atoms with Gasteiger partial charge in [-0.1, -0.05) is 79.2 Å². The molecule has 3 aromatic rings. The maximum absolute atomic E-state index is 13.6. The van der Waals surface area contributed by atoms with Crippen LogP contribution in [0.1, 0.15) is 41.2 Å². The molecule has 2 amide bonds. The first kappa shape index (κ1) is 26.0. The molecule has 0 saturated heterocycles. The van der Waals surface area contributed by atoms with E-state index in [1.807, 2.05) is 100 Å². The molecule has 5 nitrogen and oxygen atoms in total. The van der Waals surface area contributed by atoms with Crippen molar-refractivity contribution in [2.45, 2.75) is 53.1 Å². The van der Waals surface area contributed by atoms with Crippen molar-refractivity contribution in [2.24, 2.45) is 0 Å². The summed E-state index contributed by atoms with van der Waals surface area (Å²) in [5.41, 5.74) is 5.20. The van der Waals surface area contributed by atoms with E-state index in [2.05, 4.69) is 5.32 Å². The van der Waals surface area contributed by atoms with Gasteiger partial charge in [0.1, 0.15) is 11.8 Å². The van der Waals surface area contributed by atoms with E-state index in [4.69, 9.17) is 4.74 Å². The average Bonchev–Trinajstić information content (AvgIpc) is 2.85. The standard InChI is InChI=1S/C30H36N2O3/c1-5-17-31-30(34)27(19-25-12-7-6-8-13-25)32(20-26-14-10-9-11-23(26)3)29(33)21-35-28-16-15-22(2)18-24(28)4/h6-16,18,27H,5,17,19-21H2,1-4H3,(H,31,34). The lowest BCUT2D eigenvalue weighted by molar-refractivity contribution is -0.142. The lowest BCUT2D eigenvalue weighted by atomic mass is 10.0. The highest BCUT2D eigenvalue weighted by Gasteiger charge is 2.30. The summed E-state index contributed by atoms with van der Waals surface area (Å²) in [7, 11) is 0. The summed E-state index contributed by atoms with van der Waals surface area (Å²) < 4.78 is 5.94. The fourth-order valence-corrected chi connectivity index (χ4v) is 4.07. The third-order valence-corrected chi connectivity index (χ3v) is 6.10. The maximum Gasteiger partial charge on any atom is 0.261 e. The van der Waals surface area contributed by atoms with Crippen molar-refractivity contribution in [1.82, 2.24) is 10.2 Å². The van der Waals surface area contributed by atoms with Crippen LogP contribution in [0, 0.1) is 20.8 Å². The van der Waals surface area contributed by atoms with Crippen LogP contribution in [-0.4, -0.2) is 35.9 Å². The molecule has 0 aromatic heterocycles. The zero-order valence-electron chi connectivity index (χ0n) is 21.2. The topological polar surface area (TPSA) is 58.6 Å². The summed E-state index contributed by atoms with van der Waals surface area (Å²) in [4.78, 5) is 28.7. The molecule has 35 heavy (non-hydrogen) atoms. The number of benzene rings is 3. The highest BCUT2D eigenvalue weighted by Crippen LogP contribution is 2.21. The van der Waals surface area contributed by atoms with Gasteiger partial charge >= 0.3 is 0 Å². The molecular weight excluding hydrogens is 436 g/mol. The van der Waals surface area contributed by atoms with E-state index in [1.54, 1.807) is 4.90 Å². The number of hydrogen-bond donors (Lipinski definition) is 1. The number of hydrogen-bond acceptors (Lipinski definition) is 3. The van der Waals surface area contributed by atoms with Crippen LogP contribution in [0.2, 0.25) is 0 Å². The van der Waals surface area contributed by atoms with Gasteiger partial charge in [-0.15, -0.1) is 0 Å². The lowest BCUT2D eigenvalue weighted by Crippen LogP contribution is -2.51. The Morgan fingerprint density at radius 3 is 2.31 bits per heavy atom. The fraction of sp³-hybridized carbons (Fsp3) is 0.333. The highest BCUT2D eigenvalue weighted by atomic mass is 16.5. The molecule has 1 atom stereocenters. The number of carbonyl (C=O) groups excluding carboxylic acids is 2. The van der Waals surface area contributed by atoms with Gasteiger partial charge < -0.3 is 15.0 Å². The predicted molar refractivity (Wildman–Crippen MR) is 140 cm³/mol. The van der Waals surface area contributed by atoms with Crippen molar-refractivity contribution in [1.29, 1.82) is 0 Å². The van der Waals surface area contributed by atoms with Crippen LogP contribution < -0.4 is 10.1 Å². The molecule has 1 unspecified atom stereocenters. The van der Waals surface area contributed by atoms with Crippen molar-refractivity contribution in [3.63, 3.8) is 0 Å². The van der Waals surface area contributed by atoms with Crippen LogP contribution in [0.15, 0.2) is 72.8 Å². The molecule has 0 bridgehead atoms. The fourth-order valence-electron chi connectivity index (χ4n) is 4.07.